The lowest BCUT2D eigenvalue weighted by Gasteiger charge is -2.06. The predicted octanol–water partition coefficient (Wildman–Crippen LogP) is 1.96. The van der Waals surface area contributed by atoms with Gasteiger partial charge in [0.25, 0.3) is 5.91 Å². The maximum absolute atomic E-state index is 11.6. The fraction of sp³-hybridized carbons (Fsp3) is 0.235. The summed E-state index contributed by atoms with van der Waals surface area (Å²) in [6.07, 6.45) is 4.83. The molecular formula is C17H17N3O2. The van der Waals surface area contributed by atoms with Crippen LogP contribution in [0.25, 0.3) is 0 Å². The summed E-state index contributed by atoms with van der Waals surface area (Å²) in [5.41, 5.74) is 2.26. The molecule has 2 N–H and O–H groups in total. The first kappa shape index (κ1) is 15.5. The summed E-state index contributed by atoms with van der Waals surface area (Å²) in [6, 6.07) is 6.10. The van der Waals surface area contributed by atoms with Crippen molar-refractivity contribution in [2.45, 2.75) is 19.4 Å². The number of allylic oxidation sites excluding steroid dienone is 2. The molecule has 3 amide bonds. The van der Waals surface area contributed by atoms with E-state index in [4.69, 9.17) is 0 Å². The van der Waals surface area contributed by atoms with Crippen molar-refractivity contribution in [3.05, 3.63) is 47.5 Å². The van der Waals surface area contributed by atoms with Gasteiger partial charge in [0.15, 0.2) is 0 Å². The summed E-state index contributed by atoms with van der Waals surface area (Å²) >= 11 is 0. The van der Waals surface area contributed by atoms with Gasteiger partial charge >= 0.3 is 6.03 Å². The Balaban J connectivity index is 2.12. The normalized spacial score (nSPS) is 17.9. The standard InChI is InChI=1S/C17H17N3O2/c1-3-4-5-14(18-2)11-8-12-6-9-13(10-7-12)15-16(21)20-17(22)19-15/h4-7,9-10,15H,3H2,1-2H3,(H2,19,20,21,22)/b5-4-,18-14+. The van der Waals surface area contributed by atoms with Gasteiger partial charge in [-0.25, -0.2) is 4.79 Å². The van der Waals surface area contributed by atoms with Gasteiger partial charge in [0.05, 0.1) is 0 Å². The third kappa shape index (κ3) is 3.83. The highest BCUT2D eigenvalue weighted by atomic mass is 16.2. The molecule has 1 atom stereocenters. The molecule has 1 heterocycles. The lowest BCUT2D eigenvalue weighted by atomic mass is 10.1. The Morgan fingerprint density at radius 2 is 2.05 bits per heavy atom. The van der Waals surface area contributed by atoms with Crippen molar-refractivity contribution in [3.63, 3.8) is 0 Å². The summed E-state index contributed by atoms with van der Waals surface area (Å²) in [4.78, 5) is 26.8. The minimum Gasteiger partial charge on any atom is -0.322 e. The van der Waals surface area contributed by atoms with Crippen LogP contribution < -0.4 is 10.6 Å². The second kappa shape index (κ2) is 7.23. The molecule has 1 aliphatic heterocycles. The number of benzene rings is 1. The highest BCUT2D eigenvalue weighted by Gasteiger charge is 2.30. The van der Waals surface area contributed by atoms with E-state index in [1.807, 2.05) is 31.2 Å². The second-order valence-corrected chi connectivity index (χ2v) is 4.69. The van der Waals surface area contributed by atoms with Crippen LogP contribution >= 0.6 is 0 Å². The van der Waals surface area contributed by atoms with Gasteiger partial charge in [0.1, 0.15) is 11.8 Å². The molecule has 5 nitrogen and oxygen atoms in total. The molecule has 1 aromatic rings. The Morgan fingerprint density at radius 1 is 1.32 bits per heavy atom. The van der Waals surface area contributed by atoms with E-state index < -0.39 is 12.1 Å². The maximum atomic E-state index is 11.6. The van der Waals surface area contributed by atoms with Crippen LogP contribution in [0.2, 0.25) is 0 Å². The molecule has 0 bridgehead atoms. The van der Waals surface area contributed by atoms with Crippen molar-refractivity contribution in [1.29, 1.82) is 0 Å². The molecule has 1 fully saturated rings. The smallest absolute Gasteiger partial charge is 0.322 e. The van der Waals surface area contributed by atoms with Crippen LogP contribution in [0.15, 0.2) is 41.4 Å². The van der Waals surface area contributed by atoms with E-state index in [9.17, 15) is 9.59 Å². The molecule has 2 rings (SSSR count). The Hall–Kier alpha value is -2.87. The lowest BCUT2D eigenvalue weighted by molar-refractivity contribution is -0.120. The first-order chi connectivity index (χ1) is 10.6. The zero-order valence-electron chi connectivity index (χ0n) is 12.5. The van der Waals surface area contributed by atoms with Crippen LogP contribution in [-0.2, 0) is 4.79 Å². The lowest BCUT2D eigenvalue weighted by Crippen LogP contribution is -2.22. The first-order valence-corrected chi connectivity index (χ1v) is 7.00. The van der Waals surface area contributed by atoms with Gasteiger partial charge in [-0.3, -0.25) is 15.1 Å². The number of imide groups is 1. The summed E-state index contributed by atoms with van der Waals surface area (Å²) in [6.45, 7) is 2.05. The number of nitrogens with zero attached hydrogens (tertiary/aromatic N) is 1. The van der Waals surface area contributed by atoms with Crippen molar-refractivity contribution in [1.82, 2.24) is 10.6 Å². The molecule has 0 radical (unpaired) electrons. The van der Waals surface area contributed by atoms with Gasteiger partial charge in [0, 0.05) is 12.6 Å². The van der Waals surface area contributed by atoms with Crippen LogP contribution in [0.3, 0.4) is 0 Å². The number of urea groups is 1. The molecule has 22 heavy (non-hydrogen) atoms. The van der Waals surface area contributed by atoms with E-state index in [1.165, 1.54) is 0 Å². The fourth-order valence-electron chi connectivity index (χ4n) is 1.95. The number of hydrogen-bond donors (Lipinski definition) is 2. The van der Waals surface area contributed by atoms with E-state index >= 15 is 0 Å². The highest BCUT2D eigenvalue weighted by Crippen LogP contribution is 2.16. The summed E-state index contributed by atoms with van der Waals surface area (Å²) in [7, 11) is 1.70. The molecule has 0 aromatic heterocycles. The number of carbonyl (C=O) groups excluding carboxylic acids is 2. The van der Waals surface area contributed by atoms with E-state index in [2.05, 4.69) is 27.5 Å². The molecule has 0 saturated carbocycles. The van der Waals surface area contributed by atoms with Crippen LogP contribution in [-0.4, -0.2) is 24.7 Å². The first-order valence-electron chi connectivity index (χ1n) is 7.00. The number of hydrogen-bond acceptors (Lipinski definition) is 3. The minimum atomic E-state index is -0.630. The molecule has 1 aliphatic rings. The monoisotopic (exact) mass is 295 g/mol. The SMILES string of the molecule is CC/C=C\C(C#Cc1ccc(C2NC(=O)NC2=O)cc1)=N/C. The third-order valence-electron chi connectivity index (χ3n) is 3.11. The number of rotatable bonds is 3. The Morgan fingerprint density at radius 3 is 2.59 bits per heavy atom. The Kier molecular flexibility index (Phi) is 5.10. The number of carbonyl (C=O) groups is 2. The molecular weight excluding hydrogens is 278 g/mol. The largest absolute Gasteiger partial charge is 0.322 e. The number of aliphatic imine (C=N–C) groups is 1. The van der Waals surface area contributed by atoms with Crippen molar-refractivity contribution in [2.75, 3.05) is 7.05 Å². The second-order valence-electron chi connectivity index (χ2n) is 4.69. The van der Waals surface area contributed by atoms with Crippen molar-refractivity contribution < 1.29 is 9.59 Å². The molecule has 0 aliphatic carbocycles. The summed E-state index contributed by atoms with van der Waals surface area (Å²) in [5, 5.41) is 4.76. The van der Waals surface area contributed by atoms with Gasteiger partial charge in [-0.1, -0.05) is 31.1 Å². The number of amides is 3. The maximum Gasteiger partial charge on any atom is 0.322 e. The van der Waals surface area contributed by atoms with Crippen LogP contribution in [0.5, 0.6) is 0 Å². The van der Waals surface area contributed by atoms with Gasteiger partial charge in [-0.2, -0.15) is 0 Å². The Bertz CT molecular complexity index is 691. The van der Waals surface area contributed by atoms with Gasteiger partial charge in [-0.05, 0) is 36.1 Å². The Labute approximate surface area is 129 Å². The topological polar surface area (TPSA) is 70.6 Å². The molecule has 5 heteroatoms. The van der Waals surface area contributed by atoms with E-state index in [0.717, 1.165) is 17.5 Å². The zero-order chi connectivity index (χ0) is 15.9. The molecule has 112 valence electrons. The molecule has 1 aromatic carbocycles. The van der Waals surface area contributed by atoms with E-state index in [1.54, 1.807) is 19.2 Å². The van der Waals surface area contributed by atoms with Crippen molar-refractivity contribution >= 4 is 17.6 Å². The fourth-order valence-corrected chi connectivity index (χ4v) is 1.95. The highest BCUT2D eigenvalue weighted by molar-refractivity contribution is 6.09. The number of nitrogens with one attached hydrogen (secondary N) is 2. The molecule has 1 unspecified atom stereocenters. The van der Waals surface area contributed by atoms with Crippen LogP contribution in [0.4, 0.5) is 4.79 Å². The quantitative estimate of drug-likeness (QED) is 0.508. The average Bonchev–Trinajstić information content (AvgIpc) is 2.87. The van der Waals surface area contributed by atoms with Crippen molar-refractivity contribution in [2.24, 2.45) is 4.99 Å². The third-order valence-corrected chi connectivity index (χ3v) is 3.11. The molecule has 1 saturated heterocycles. The van der Waals surface area contributed by atoms with Crippen LogP contribution in [0.1, 0.15) is 30.5 Å². The van der Waals surface area contributed by atoms with Gasteiger partial charge < -0.3 is 5.32 Å². The predicted molar refractivity (Wildman–Crippen MR) is 85.5 cm³/mol. The molecule has 0 spiro atoms. The van der Waals surface area contributed by atoms with Gasteiger partial charge in [0.2, 0.25) is 0 Å². The zero-order valence-corrected chi connectivity index (χ0v) is 12.5. The van der Waals surface area contributed by atoms with Crippen LogP contribution in [0, 0.1) is 11.8 Å². The minimum absolute atomic E-state index is 0.339. The average molecular weight is 295 g/mol. The van der Waals surface area contributed by atoms with Gasteiger partial charge in [-0.15, -0.1) is 0 Å². The summed E-state index contributed by atoms with van der Waals surface area (Å²) < 4.78 is 0. The van der Waals surface area contributed by atoms with E-state index in [-0.39, 0.29) is 5.91 Å². The summed E-state index contributed by atoms with van der Waals surface area (Å²) in [5.74, 6) is 5.67. The van der Waals surface area contributed by atoms with E-state index in [0.29, 0.717) is 5.71 Å². The van der Waals surface area contributed by atoms with Crippen molar-refractivity contribution in [3.8, 4) is 11.8 Å².